The van der Waals surface area contributed by atoms with Gasteiger partial charge in [0.25, 0.3) is 0 Å². The summed E-state index contributed by atoms with van der Waals surface area (Å²) in [5.41, 5.74) is 24.8. The zero-order chi connectivity index (χ0) is 64.7. The smallest absolute Gasteiger partial charge is 0.100 e. The number of hydrogen-bond acceptors (Lipinski definition) is 14. The molecule has 0 radical (unpaired) electrons. The maximum absolute atomic E-state index is 5.16. The van der Waals surface area contributed by atoms with Crippen molar-refractivity contribution in [1.82, 2.24) is 0 Å². The van der Waals surface area contributed by atoms with Crippen molar-refractivity contribution < 1.29 is 0 Å². The van der Waals surface area contributed by atoms with E-state index in [9.17, 15) is 0 Å². The summed E-state index contributed by atoms with van der Waals surface area (Å²) in [5.74, 6) is 0. The summed E-state index contributed by atoms with van der Waals surface area (Å²) in [5, 5.41) is 38.8. The number of anilines is 4. The van der Waals surface area contributed by atoms with Gasteiger partial charge in [0.15, 0.2) is 0 Å². The largest absolute Gasteiger partial charge is 0.278 e. The Hall–Kier alpha value is -10.2. The van der Waals surface area contributed by atoms with Crippen LogP contribution < -0.4 is 43.1 Å². The molecule has 12 aromatic carbocycles. The Morgan fingerprint density at radius 1 is 0.240 bits per heavy atom. The molecule has 8 nitrogen and oxygen atoms in total. The lowest BCUT2D eigenvalue weighted by Crippen LogP contribution is -2.07. The maximum atomic E-state index is 5.16. The van der Waals surface area contributed by atoms with Crippen LogP contribution in [-0.2, 0) is 0 Å². The lowest BCUT2D eigenvalue weighted by Gasteiger charge is -2.08. The third kappa shape index (κ3) is 10.7. The van der Waals surface area contributed by atoms with E-state index < -0.39 is 0 Å². The van der Waals surface area contributed by atoms with Crippen LogP contribution >= 0.6 is 68.0 Å². The van der Waals surface area contributed by atoms with E-state index in [4.69, 9.17) is 20.4 Å². The van der Waals surface area contributed by atoms with E-state index >= 15 is 0 Å². The molecule has 0 fully saturated rings. The first-order valence-corrected chi connectivity index (χ1v) is 36.7. The Labute approximate surface area is 577 Å². The highest BCUT2D eigenvalue weighted by Gasteiger charge is 2.26. The van der Waals surface area contributed by atoms with Crippen LogP contribution in [0, 0.1) is 41.5 Å². The second-order valence-electron chi connectivity index (χ2n) is 24.4. The van der Waals surface area contributed by atoms with Crippen LogP contribution in [0.15, 0.2) is 251 Å². The summed E-state index contributed by atoms with van der Waals surface area (Å²) < 4.78 is 5.04. The average Bonchev–Trinajstić information content (AvgIpc) is 1.54. The van der Waals surface area contributed by atoms with Gasteiger partial charge in [0, 0.05) is 122 Å². The highest BCUT2D eigenvalue weighted by atomic mass is 32.1. The van der Waals surface area contributed by atoms with Crippen molar-refractivity contribution in [3.05, 3.63) is 284 Å². The van der Waals surface area contributed by atoms with Gasteiger partial charge < -0.3 is 0 Å². The monoisotopic (exact) mass is 1350 g/mol. The Morgan fingerprint density at radius 2 is 0.552 bits per heavy atom. The minimum atomic E-state index is 0.958. The van der Waals surface area contributed by atoms with Gasteiger partial charge >= 0.3 is 0 Å². The molecule has 0 aliphatic carbocycles. The molecule has 6 heterocycles. The van der Waals surface area contributed by atoms with E-state index in [2.05, 4.69) is 197 Å². The molecule has 0 saturated carbocycles. The predicted octanol–water partition coefficient (Wildman–Crippen LogP) is 22.9. The van der Waals surface area contributed by atoms with Crippen molar-refractivity contribution in [2.75, 3.05) is 21.7 Å². The molecular weight excluding hydrogens is 1290 g/mol. The molecule has 4 N–H and O–H groups in total. The first-order chi connectivity index (χ1) is 47.0. The molecule has 18 aromatic rings. The number of para-hydroxylation sites is 4. The van der Waals surface area contributed by atoms with E-state index in [1.54, 1.807) is 0 Å². The minimum absolute atomic E-state index is 0.958. The number of nitrogens with zero attached hydrogens (tertiary/aromatic N) is 4. The van der Waals surface area contributed by atoms with Crippen molar-refractivity contribution in [2.24, 2.45) is 20.4 Å². The van der Waals surface area contributed by atoms with Gasteiger partial charge in [-0.3, -0.25) is 21.7 Å². The molecule has 464 valence electrons. The van der Waals surface area contributed by atoms with E-state index in [1.807, 2.05) is 165 Å². The molecule has 18 rings (SSSR count). The van der Waals surface area contributed by atoms with Crippen LogP contribution in [-0.4, -0.2) is 0 Å². The summed E-state index contributed by atoms with van der Waals surface area (Å²) in [6.45, 7) is 13.2. The van der Waals surface area contributed by atoms with Gasteiger partial charge in [0.05, 0.1) is 33.5 Å². The number of thiophene rings is 6. The standard InChI is InChI=1S/C42H30N4S2.C40H30N4S4/c1-25-13-17-27(18-14-25)37-23-35-39(45-43-29-9-5-3-6-10-29)31-22-34-32(21-33(31)41(35)47-37)40(46-44-30-11-7-4-8-12-30)36-24-38(48-42(34)36)28-19-15-26(2)16-20-28;1-21-15-17-29(45-21)31-19-27-37(43-41-25-11-7-5-8-12-25)33-24(4)36-34(23(3)35(33)39(27)47-31)38(44-42-26-13-9-6-10-14-26)28-20-32(48-40(28)36)30-18-16-22(2)46-30/h3-24,43-44H,1-2H3;5-20,41-42H,1-4H3/b45-39-,46-40-;43-37+,44-38+. The molecule has 0 spiro atoms. The van der Waals surface area contributed by atoms with E-state index in [1.165, 1.54) is 134 Å². The third-order valence-electron chi connectivity index (χ3n) is 18.0. The Kier molecular flexibility index (Phi) is 15.2. The van der Waals surface area contributed by atoms with Crippen LogP contribution in [0.3, 0.4) is 0 Å². The molecule has 0 amide bonds. The molecular formula is C82H60N8S6. The quantitative estimate of drug-likeness (QED) is 0.0916. The number of benzene rings is 8. The number of rotatable bonds is 12. The molecule has 0 atom stereocenters. The lowest BCUT2D eigenvalue weighted by molar-refractivity contribution is 1.25. The molecule has 96 heavy (non-hydrogen) atoms. The van der Waals surface area contributed by atoms with Crippen LogP contribution in [0.1, 0.15) is 32.0 Å². The van der Waals surface area contributed by atoms with Crippen molar-refractivity contribution in [1.29, 1.82) is 0 Å². The highest BCUT2D eigenvalue weighted by molar-refractivity contribution is 7.28. The normalized spacial score (nSPS) is 12.7. The fourth-order valence-electron chi connectivity index (χ4n) is 13.2. The summed E-state index contributed by atoms with van der Waals surface area (Å²) in [6, 6.07) is 81.2. The topological polar surface area (TPSA) is 97.6 Å². The van der Waals surface area contributed by atoms with Crippen molar-refractivity contribution in [3.8, 4) is 40.4 Å². The fraction of sp³-hybridized carbons (Fsp3) is 0.0732. The molecule has 0 unspecified atom stereocenters. The zero-order valence-electron chi connectivity index (χ0n) is 53.2. The predicted molar refractivity (Wildman–Crippen MR) is 418 cm³/mol. The first-order valence-electron chi connectivity index (χ1n) is 31.8. The van der Waals surface area contributed by atoms with Gasteiger partial charge in [-0.15, -0.1) is 68.0 Å². The van der Waals surface area contributed by atoms with Gasteiger partial charge in [0.2, 0.25) is 0 Å². The molecule has 14 heteroatoms. The van der Waals surface area contributed by atoms with Gasteiger partial charge in [-0.1, -0.05) is 132 Å². The number of nitrogens with one attached hydrogen (secondary N) is 4. The first kappa shape index (κ1) is 59.6. The van der Waals surface area contributed by atoms with Gasteiger partial charge in [0.1, 0.15) is 10.7 Å². The molecule has 0 aliphatic heterocycles. The van der Waals surface area contributed by atoms with Crippen LogP contribution in [0.25, 0.3) is 124 Å². The summed E-state index contributed by atoms with van der Waals surface area (Å²) in [4.78, 5) is 10.3. The lowest BCUT2D eigenvalue weighted by atomic mass is 9.98. The van der Waals surface area contributed by atoms with Crippen molar-refractivity contribution >= 4 is 174 Å². The fourth-order valence-corrected chi connectivity index (χ4v) is 20.1. The van der Waals surface area contributed by atoms with Crippen LogP contribution in [0.2, 0.25) is 0 Å². The van der Waals surface area contributed by atoms with Gasteiger partial charge in [-0.25, -0.2) is 0 Å². The highest BCUT2D eigenvalue weighted by Crippen LogP contribution is 2.48. The molecule has 0 saturated heterocycles. The van der Waals surface area contributed by atoms with Crippen molar-refractivity contribution in [2.45, 2.75) is 41.5 Å². The number of hydrogen-bond donors (Lipinski definition) is 4. The second-order valence-corrected chi connectivity index (χ2v) is 31.2. The van der Waals surface area contributed by atoms with E-state index in [0.717, 1.165) is 65.7 Å². The van der Waals surface area contributed by atoms with E-state index in [0.29, 0.717) is 0 Å². The third-order valence-corrected chi connectivity index (χ3v) is 25.1. The van der Waals surface area contributed by atoms with E-state index in [-0.39, 0.29) is 0 Å². The number of aryl methyl sites for hydroxylation is 6. The SMILES string of the molecule is Cc1ccc(-c2cc3/c(=N\Nc4ccccc4)c4c(C)c5c(c(C)c4c3s2)/c(=N/Nc2ccccc2)c2cc(-c3ccc(C)s3)sc25)s1.Cc1ccc(-c2cc3/c(=N\Nc4ccccc4)c4cc5c(cc4c3s2)/c(=N/Nc2ccccc2)c2cc(-c3ccc(C)cc3)sc25)cc1. The molecule has 6 aromatic heterocycles. The van der Waals surface area contributed by atoms with Crippen LogP contribution in [0.5, 0.6) is 0 Å². The summed E-state index contributed by atoms with van der Waals surface area (Å²) in [7, 11) is 0. The summed E-state index contributed by atoms with van der Waals surface area (Å²) >= 11 is 11.1. The Balaban J connectivity index is 0.000000145. The molecule has 0 bridgehead atoms. The maximum Gasteiger partial charge on any atom is 0.100 e. The van der Waals surface area contributed by atoms with Gasteiger partial charge in [-0.2, -0.15) is 20.4 Å². The summed E-state index contributed by atoms with van der Waals surface area (Å²) in [6.07, 6.45) is 0. The zero-order valence-corrected chi connectivity index (χ0v) is 58.1. The average molecular weight is 1350 g/mol. The number of fused-ring (bicyclic) bond motifs is 12. The van der Waals surface area contributed by atoms with Gasteiger partial charge in [-0.05, 0) is 173 Å². The molecule has 0 aliphatic rings. The second kappa shape index (κ2) is 24.6. The van der Waals surface area contributed by atoms with Crippen molar-refractivity contribution in [3.63, 3.8) is 0 Å². The Morgan fingerprint density at radius 3 is 0.885 bits per heavy atom. The van der Waals surface area contributed by atoms with Crippen LogP contribution in [0.4, 0.5) is 22.7 Å². The minimum Gasteiger partial charge on any atom is -0.278 e. The Bertz CT molecular complexity index is 5860.